The first kappa shape index (κ1) is 16.6. The summed E-state index contributed by atoms with van der Waals surface area (Å²) in [6.07, 6.45) is 0.295. The number of nitriles is 1. The number of sulfonamides is 1. The zero-order valence-corrected chi connectivity index (χ0v) is 14.7. The molecule has 0 atom stereocenters. The SMILES string of the molecule is COc1ccc(S(=O)(=O)Nc2ccc(CC#N)cc2)cc1I. The molecule has 0 aliphatic carbocycles. The lowest BCUT2D eigenvalue weighted by Crippen LogP contribution is -2.13. The lowest BCUT2D eigenvalue weighted by Gasteiger charge is -2.10. The minimum Gasteiger partial charge on any atom is -0.496 e. The molecule has 5 nitrogen and oxygen atoms in total. The molecule has 7 heteroatoms. The number of methoxy groups -OCH3 is 1. The van der Waals surface area contributed by atoms with Crippen LogP contribution in [-0.4, -0.2) is 15.5 Å². The van der Waals surface area contributed by atoms with E-state index in [0.717, 1.165) is 5.56 Å². The Balaban J connectivity index is 2.24. The molecule has 22 heavy (non-hydrogen) atoms. The van der Waals surface area contributed by atoms with Gasteiger partial charge in [-0.2, -0.15) is 5.26 Å². The van der Waals surface area contributed by atoms with Crippen molar-refractivity contribution in [2.45, 2.75) is 11.3 Å². The number of hydrogen-bond acceptors (Lipinski definition) is 4. The minimum absolute atomic E-state index is 0.166. The molecule has 0 radical (unpaired) electrons. The highest BCUT2D eigenvalue weighted by Crippen LogP contribution is 2.25. The van der Waals surface area contributed by atoms with Gasteiger partial charge in [-0.25, -0.2) is 8.42 Å². The van der Waals surface area contributed by atoms with Crippen LogP contribution in [0.25, 0.3) is 0 Å². The lowest BCUT2D eigenvalue weighted by atomic mass is 10.1. The second-order valence-corrected chi connectivity index (χ2v) is 7.28. The predicted octanol–water partition coefficient (Wildman–Crippen LogP) is 3.17. The van der Waals surface area contributed by atoms with E-state index in [0.29, 0.717) is 21.4 Å². The van der Waals surface area contributed by atoms with E-state index in [2.05, 4.69) is 4.72 Å². The summed E-state index contributed by atoms with van der Waals surface area (Å²) in [7, 11) is -2.13. The normalized spacial score (nSPS) is 10.8. The van der Waals surface area contributed by atoms with E-state index in [1.54, 1.807) is 36.4 Å². The molecule has 0 aliphatic rings. The minimum atomic E-state index is -3.66. The second-order valence-electron chi connectivity index (χ2n) is 4.43. The fourth-order valence-electron chi connectivity index (χ4n) is 1.81. The van der Waals surface area contributed by atoms with Crippen molar-refractivity contribution in [2.75, 3.05) is 11.8 Å². The van der Waals surface area contributed by atoms with Crippen LogP contribution in [0.5, 0.6) is 5.75 Å². The Morgan fingerprint density at radius 3 is 2.45 bits per heavy atom. The van der Waals surface area contributed by atoms with Crippen LogP contribution in [-0.2, 0) is 16.4 Å². The molecule has 0 heterocycles. The van der Waals surface area contributed by atoms with Crippen LogP contribution in [0, 0.1) is 14.9 Å². The largest absolute Gasteiger partial charge is 0.496 e. The first-order valence-corrected chi connectivity index (χ1v) is 8.84. The molecule has 2 aromatic carbocycles. The first-order chi connectivity index (χ1) is 10.5. The zero-order valence-electron chi connectivity index (χ0n) is 11.7. The van der Waals surface area contributed by atoms with E-state index in [-0.39, 0.29) is 4.90 Å². The van der Waals surface area contributed by atoms with Gasteiger partial charge in [0, 0.05) is 5.69 Å². The third-order valence-electron chi connectivity index (χ3n) is 2.92. The van der Waals surface area contributed by atoms with Gasteiger partial charge in [0.25, 0.3) is 10.0 Å². The number of nitrogens with one attached hydrogen (secondary N) is 1. The number of nitrogens with zero attached hydrogens (tertiary/aromatic N) is 1. The quantitative estimate of drug-likeness (QED) is 0.743. The fraction of sp³-hybridized carbons (Fsp3) is 0.133. The van der Waals surface area contributed by atoms with E-state index >= 15 is 0 Å². The Hall–Kier alpha value is -1.79. The highest BCUT2D eigenvalue weighted by molar-refractivity contribution is 14.1. The molecule has 2 rings (SSSR count). The summed E-state index contributed by atoms with van der Waals surface area (Å²) in [6, 6.07) is 13.4. The van der Waals surface area contributed by atoms with Crippen molar-refractivity contribution >= 4 is 38.3 Å². The van der Waals surface area contributed by atoms with Crippen molar-refractivity contribution in [3.05, 3.63) is 51.6 Å². The molecular formula is C15H13IN2O3S. The van der Waals surface area contributed by atoms with Gasteiger partial charge in [0.2, 0.25) is 0 Å². The van der Waals surface area contributed by atoms with Crippen molar-refractivity contribution in [1.82, 2.24) is 0 Å². The Bertz CT molecular complexity index is 812. The Morgan fingerprint density at radius 1 is 1.23 bits per heavy atom. The Morgan fingerprint density at radius 2 is 1.91 bits per heavy atom. The van der Waals surface area contributed by atoms with Gasteiger partial charge < -0.3 is 4.74 Å². The van der Waals surface area contributed by atoms with Gasteiger partial charge in [-0.3, -0.25) is 4.72 Å². The maximum absolute atomic E-state index is 12.4. The van der Waals surface area contributed by atoms with Crippen molar-refractivity contribution in [3.8, 4) is 11.8 Å². The van der Waals surface area contributed by atoms with E-state index < -0.39 is 10.0 Å². The van der Waals surface area contributed by atoms with Gasteiger partial charge in [-0.15, -0.1) is 0 Å². The first-order valence-electron chi connectivity index (χ1n) is 6.28. The highest BCUT2D eigenvalue weighted by atomic mass is 127. The molecule has 1 N–H and O–H groups in total. The van der Waals surface area contributed by atoms with Crippen LogP contribution in [0.2, 0.25) is 0 Å². The Labute approximate surface area is 143 Å². The number of hydrogen-bond donors (Lipinski definition) is 1. The molecule has 0 fully saturated rings. The number of ether oxygens (including phenoxy) is 1. The van der Waals surface area contributed by atoms with Gasteiger partial charge in [0.05, 0.1) is 28.1 Å². The molecule has 2 aromatic rings. The summed E-state index contributed by atoms with van der Waals surface area (Å²) in [6.45, 7) is 0. The number of benzene rings is 2. The summed E-state index contributed by atoms with van der Waals surface area (Å²) in [5, 5.41) is 8.62. The average molecular weight is 428 g/mol. The van der Waals surface area contributed by atoms with Crippen molar-refractivity contribution in [1.29, 1.82) is 5.26 Å². The molecule has 0 spiro atoms. The van der Waals surface area contributed by atoms with Gasteiger partial charge in [-0.1, -0.05) is 12.1 Å². The topological polar surface area (TPSA) is 79.2 Å². The lowest BCUT2D eigenvalue weighted by molar-refractivity contribution is 0.411. The van der Waals surface area contributed by atoms with E-state index in [1.807, 2.05) is 28.7 Å². The number of halogens is 1. The van der Waals surface area contributed by atoms with Crippen LogP contribution in [0.1, 0.15) is 5.56 Å². The molecule has 114 valence electrons. The molecule has 0 aromatic heterocycles. The van der Waals surface area contributed by atoms with E-state index in [4.69, 9.17) is 10.00 Å². The summed E-state index contributed by atoms with van der Waals surface area (Å²) < 4.78 is 33.1. The zero-order chi connectivity index (χ0) is 16.2. The van der Waals surface area contributed by atoms with Crippen LogP contribution in [0.15, 0.2) is 47.4 Å². The summed E-state index contributed by atoms with van der Waals surface area (Å²) in [5.41, 5.74) is 1.29. The molecule has 0 saturated carbocycles. The van der Waals surface area contributed by atoms with Crippen LogP contribution in [0.4, 0.5) is 5.69 Å². The van der Waals surface area contributed by atoms with Crippen molar-refractivity contribution in [2.24, 2.45) is 0 Å². The fourth-order valence-corrected chi connectivity index (χ4v) is 3.84. The number of anilines is 1. The Kier molecular flexibility index (Phi) is 5.26. The molecule has 0 aliphatic heterocycles. The second kappa shape index (κ2) is 6.98. The van der Waals surface area contributed by atoms with Gasteiger partial charge in [0.15, 0.2) is 0 Å². The predicted molar refractivity (Wildman–Crippen MR) is 92.3 cm³/mol. The summed E-state index contributed by atoms with van der Waals surface area (Å²) in [4.78, 5) is 0.166. The van der Waals surface area contributed by atoms with Crippen LogP contribution in [0.3, 0.4) is 0 Å². The summed E-state index contributed by atoms with van der Waals surface area (Å²) in [5.74, 6) is 0.625. The molecule has 0 unspecified atom stereocenters. The monoisotopic (exact) mass is 428 g/mol. The van der Waals surface area contributed by atoms with Gasteiger partial charge in [-0.05, 0) is 58.5 Å². The molecule has 0 bridgehead atoms. The maximum Gasteiger partial charge on any atom is 0.261 e. The van der Waals surface area contributed by atoms with E-state index in [9.17, 15) is 8.42 Å². The highest BCUT2D eigenvalue weighted by Gasteiger charge is 2.16. The van der Waals surface area contributed by atoms with Gasteiger partial charge in [0.1, 0.15) is 5.75 Å². The molecule has 0 amide bonds. The van der Waals surface area contributed by atoms with E-state index in [1.165, 1.54) is 13.2 Å². The third kappa shape index (κ3) is 3.90. The molecular weight excluding hydrogens is 415 g/mol. The molecule has 0 saturated heterocycles. The van der Waals surface area contributed by atoms with Crippen molar-refractivity contribution < 1.29 is 13.2 Å². The average Bonchev–Trinajstić information content (AvgIpc) is 2.49. The third-order valence-corrected chi connectivity index (χ3v) is 5.14. The van der Waals surface area contributed by atoms with Crippen molar-refractivity contribution in [3.63, 3.8) is 0 Å². The smallest absolute Gasteiger partial charge is 0.261 e. The standard InChI is InChI=1S/C15H13IN2O3S/c1-21-15-7-6-13(10-14(15)16)22(19,20)18-12-4-2-11(3-5-12)8-9-17/h2-7,10,18H,8H2,1H3. The maximum atomic E-state index is 12.4. The van der Waals surface area contributed by atoms with Crippen LogP contribution < -0.4 is 9.46 Å². The summed E-state index contributed by atoms with van der Waals surface area (Å²) >= 11 is 2.02. The number of rotatable bonds is 5. The van der Waals surface area contributed by atoms with Crippen LogP contribution >= 0.6 is 22.6 Å². The van der Waals surface area contributed by atoms with Gasteiger partial charge >= 0.3 is 0 Å².